The van der Waals surface area contributed by atoms with Crippen LogP contribution in [0, 0.1) is 0 Å². The molecule has 1 aromatic rings. The van der Waals surface area contributed by atoms with Gasteiger partial charge in [0.2, 0.25) is 0 Å². The Hall–Kier alpha value is -1.75. The smallest absolute Gasteiger partial charge is 0.317 e. The van der Waals surface area contributed by atoms with Crippen LogP contribution < -0.4 is 10.1 Å². The maximum Gasteiger partial charge on any atom is 0.317 e. The topological polar surface area (TPSA) is 44.8 Å². The third-order valence-corrected chi connectivity index (χ3v) is 4.87. The summed E-state index contributed by atoms with van der Waals surface area (Å²) >= 11 is 0. The van der Waals surface area contributed by atoms with Crippen LogP contribution in [0.25, 0.3) is 0 Å². The summed E-state index contributed by atoms with van der Waals surface area (Å²) in [7, 11) is 0. The second-order valence-electron chi connectivity index (χ2n) is 7.06. The van der Waals surface area contributed by atoms with Crippen LogP contribution in [0.3, 0.4) is 0 Å². The van der Waals surface area contributed by atoms with Crippen molar-refractivity contribution in [1.82, 2.24) is 15.1 Å². The normalized spacial score (nSPS) is 21.5. The van der Waals surface area contributed by atoms with E-state index in [0.717, 1.165) is 30.8 Å². The molecule has 2 aliphatic heterocycles. The van der Waals surface area contributed by atoms with E-state index in [4.69, 9.17) is 4.74 Å². The minimum absolute atomic E-state index is 0.0380. The molecule has 1 N–H and O–H groups in total. The number of carbonyl (C=O) groups is 1. The molecule has 0 radical (unpaired) electrons. The third-order valence-electron chi connectivity index (χ3n) is 4.87. The van der Waals surface area contributed by atoms with Crippen molar-refractivity contribution in [1.29, 1.82) is 0 Å². The highest BCUT2D eigenvalue weighted by atomic mass is 16.5. The number of urea groups is 1. The van der Waals surface area contributed by atoms with Gasteiger partial charge in [-0.3, -0.25) is 4.90 Å². The van der Waals surface area contributed by atoms with E-state index in [1.54, 1.807) is 0 Å². The first-order valence-corrected chi connectivity index (χ1v) is 9.15. The van der Waals surface area contributed by atoms with E-state index in [0.29, 0.717) is 12.6 Å². The first-order chi connectivity index (χ1) is 11.6. The molecule has 0 spiro atoms. The quantitative estimate of drug-likeness (QED) is 0.902. The van der Waals surface area contributed by atoms with E-state index in [1.165, 1.54) is 25.9 Å². The van der Waals surface area contributed by atoms with Crippen molar-refractivity contribution >= 4 is 6.03 Å². The number of ether oxygens (including phenoxy) is 1. The Morgan fingerprint density at radius 1 is 1.25 bits per heavy atom. The van der Waals surface area contributed by atoms with Crippen LogP contribution in [0.4, 0.5) is 4.79 Å². The van der Waals surface area contributed by atoms with Crippen molar-refractivity contribution in [3.05, 3.63) is 29.8 Å². The molecular formula is C19H29N3O2. The monoisotopic (exact) mass is 331 g/mol. The fourth-order valence-corrected chi connectivity index (χ4v) is 3.63. The van der Waals surface area contributed by atoms with E-state index in [1.807, 2.05) is 43.0 Å². The molecule has 0 bridgehead atoms. The third kappa shape index (κ3) is 4.20. The predicted molar refractivity (Wildman–Crippen MR) is 95.2 cm³/mol. The van der Waals surface area contributed by atoms with Crippen molar-refractivity contribution in [3.8, 4) is 5.75 Å². The Morgan fingerprint density at radius 3 is 2.75 bits per heavy atom. The number of amides is 2. The van der Waals surface area contributed by atoms with E-state index in [2.05, 4.69) is 10.2 Å². The van der Waals surface area contributed by atoms with E-state index >= 15 is 0 Å². The maximum absolute atomic E-state index is 12.5. The highest BCUT2D eigenvalue weighted by Gasteiger charge is 2.31. The average molecular weight is 331 g/mol. The Morgan fingerprint density at radius 2 is 2.00 bits per heavy atom. The minimum atomic E-state index is 0.0380. The molecule has 24 heavy (non-hydrogen) atoms. The van der Waals surface area contributed by atoms with Crippen LogP contribution in [0.2, 0.25) is 0 Å². The summed E-state index contributed by atoms with van der Waals surface area (Å²) < 4.78 is 5.82. The van der Waals surface area contributed by atoms with Crippen molar-refractivity contribution in [3.63, 3.8) is 0 Å². The van der Waals surface area contributed by atoms with Gasteiger partial charge in [0.05, 0.1) is 6.10 Å². The number of likely N-dealkylation sites (tertiary alicyclic amines) is 2. The Kier molecular flexibility index (Phi) is 5.61. The van der Waals surface area contributed by atoms with Gasteiger partial charge in [-0.15, -0.1) is 0 Å². The molecule has 5 heteroatoms. The molecule has 1 atom stereocenters. The largest absolute Gasteiger partial charge is 0.491 e. The number of para-hydroxylation sites is 1. The molecule has 0 saturated carbocycles. The summed E-state index contributed by atoms with van der Waals surface area (Å²) in [6, 6.07) is 8.50. The van der Waals surface area contributed by atoms with Crippen molar-refractivity contribution in [2.45, 2.75) is 51.8 Å². The summed E-state index contributed by atoms with van der Waals surface area (Å²) in [4.78, 5) is 17.0. The summed E-state index contributed by atoms with van der Waals surface area (Å²) in [5, 5.41) is 3.05. The number of carbonyl (C=O) groups excluding carboxylic acids is 1. The molecule has 2 saturated heterocycles. The first kappa shape index (κ1) is 17.1. The zero-order valence-electron chi connectivity index (χ0n) is 14.8. The van der Waals surface area contributed by atoms with Gasteiger partial charge in [0.1, 0.15) is 5.75 Å². The van der Waals surface area contributed by atoms with Gasteiger partial charge in [-0.1, -0.05) is 18.2 Å². The molecule has 3 rings (SSSR count). The molecule has 2 fully saturated rings. The number of hydrogen-bond donors (Lipinski definition) is 1. The molecule has 2 heterocycles. The fourth-order valence-electron chi connectivity index (χ4n) is 3.63. The van der Waals surface area contributed by atoms with Crippen LogP contribution in [0.15, 0.2) is 24.3 Å². The molecule has 132 valence electrons. The van der Waals surface area contributed by atoms with Gasteiger partial charge >= 0.3 is 6.03 Å². The number of nitrogens with one attached hydrogen (secondary N) is 1. The zero-order valence-corrected chi connectivity index (χ0v) is 14.8. The predicted octanol–water partition coefficient (Wildman–Crippen LogP) is 2.85. The lowest BCUT2D eigenvalue weighted by atomic mass is 10.2. The standard InChI is InChI=1S/C19H29N3O2/c1-15(2)24-18-8-4-3-7-16(18)13-20-19(23)22-12-9-17(14-22)21-10-5-6-11-21/h3-4,7-8,15,17H,5-6,9-14H2,1-2H3,(H,20,23)/t17-/m0/s1. The van der Waals surface area contributed by atoms with Crippen LogP contribution in [0.5, 0.6) is 5.75 Å². The second kappa shape index (κ2) is 7.88. The summed E-state index contributed by atoms with van der Waals surface area (Å²) in [5.41, 5.74) is 1.02. The SMILES string of the molecule is CC(C)Oc1ccccc1CNC(=O)N1CC[C@H](N2CCCC2)C1. The van der Waals surface area contributed by atoms with Crippen molar-refractivity contribution in [2.24, 2.45) is 0 Å². The molecule has 0 aromatic heterocycles. The second-order valence-corrected chi connectivity index (χ2v) is 7.06. The van der Waals surface area contributed by atoms with Crippen LogP contribution >= 0.6 is 0 Å². The zero-order chi connectivity index (χ0) is 16.9. The summed E-state index contributed by atoms with van der Waals surface area (Å²) in [6.07, 6.45) is 3.83. The highest BCUT2D eigenvalue weighted by molar-refractivity contribution is 5.74. The summed E-state index contributed by atoms with van der Waals surface area (Å²) in [6.45, 7) is 8.63. The fraction of sp³-hybridized carbons (Fsp3) is 0.632. The number of rotatable bonds is 5. The van der Waals surface area contributed by atoms with Crippen LogP contribution in [0.1, 0.15) is 38.7 Å². The number of hydrogen-bond acceptors (Lipinski definition) is 3. The van der Waals surface area contributed by atoms with Gasteiger partial charge in [-0.05, 0) is 52.3 Å². The highest BCUT2D eigenvalue weighted by Crippen LogP contribution is 2.21. The average Bonchev–Trinajstić information content (AvgIpc) is 3.24. The van der Waals surface area contributed by atoms with Gasteiger partial charge in [0, 0.05) is 31.2 Å². The Labute approximate surface area is 145 Å². The molecular weight excluding hydrogens is 302 g/mol. The van der Waals surface area contributed by atoms with E-state index in [9.17, 15) is 4.79 Å². The molecule has 2 aliphatic rings. The lowest BCUT2D eigenvalue weighted by molar-refractivity contribution is 0.198. The lowest BCUT2D eigenvalue weighted by Gasteiger charge is -2.24. The minimum Gasteiger partial charge on any atom is -0.491 e. The number of nitrogens with zero attached hydrogens (tertiary/aromatic N) is 2. The van der Waals surface area contributed by atoms with E-state index in [-0.39, 0.29) is 12.1 Å². The molecule has 5 nitrogen and oxygen atoms in total. The first-order valence-electron chi connectivity index (χ1n) is 9.15. The van der Waals surface area contributed by atoms with Gasteiger partial charge in [0.15, 0.2) is 0 Å². The molecule has 0 aliphatic carbocycles. The maximum atomic E-state index is 12.5. The molecule has 2 amide bonds. The van der Waals surface area contributed by atoms with Crippen molar-refractivity contribution in [2.75, 3.05) is 26.2 Å². The van der Waals surface area contributed by atoms with E-state index < -0.39 is 0 Å². The van der Waals surface area contributed by atoms with Gasteiger partial charge in [-0.25, -0.2) is 4.79 Å². The Balaban J connectivity index is 1.51. The van der Waals surface area contributed by atoms with Gasteiger partial charge < -0.3 is 15.0 Å². The number of benzene rings is 1. The Bertz CT molecular complexity index is 555. The van der Waals surface area contributed by atoms with Crippen LogP contribution in [-0.2, 0) is 6.54 Å². The van der Waals surface area contributed by atoms with Crippen LogP contribution in [-0.4, -0.2) is 54.2 Å². The van der Waals surface area contributed by atoms with Gasteiger partial charge in [-0.2, -0.15) is 0 Å². The molecule has 0 unspecified atom stereocenters. The van der Waals surface area contributed by atoms with Crippen molar-refractivity contribution < 1.29 is 9.53 Å². The summed E-state index contributed by atoms with van der Waals surface area (Å²) in [5.74, 6) is 0.851. The van der Waals surface area contributed by atoms with Gasteiger partial charge in [0.25, 0.3) is 0 Å². The lowest BCUT2D eigenvalue weighted by Crippen LogP contribution is -2.41. The molecule has 1 aromatic carbocycles.